The number of carbonyl (C=O) groups is 3. The van der Waals surface area contributed by atoms with E-state index in [-0.39, 0.29) is 13.2 Å². The van der Waals surface area contributed by atoms with Gasteiger partial charge in [-0.3, -0.25) is 28.0 Å². The summed E-state index contributed by atoms with van der Waals surface area (Å²) < 4.78 is 51.7. The molecule has 3 rings (SSSR count). The Bertz CT molecular complexity index is 1090. The molecule has 1 aliphatic rings. The molecule has 212 valence electrons. The molecule has 1 heterocycles. The first-order valence-electron chi connectivity index (χ1n) is 12.0. The van der Waals surface area contributed by atoms with Crippen LogP contribution in [0.15, 0.2) is 60.7 Å². The van der Waals surface area contributed by atoms with Crippen LogP contribution >= 0.6 is 7.82 Å². The van der Waals surface area contributed by atoms with Gasteiger partial charge in [0.2, 0.25) is 0 Å². The van der Waals surface area contributed by atoms with Gasteiger partial charge in [0.25, 0.3) is 0 Å². The van der Waals surface area contributed by atoms with Crippen LogP contribution in [0.2, 0.25) is 0 Å². The van der Waals surface area contributed by atoms with E-state index in [1.54, 1.807) is 60.7 Å². The number of carbonyl (C=O) groups excluding carboxylic acids is 3. The molecule has 1 N–H and O–H groups in total. The molecule has 1 aliphatic heterocycles. The minimum Gasteiger partial charge on any atom is -0.463 e. The van der Waals surface area contributed by atoms with Crippen molar-refractivity contribution in [1.82, 2.24) is 0 Å². The minimum atomic E-state index is -4.47. The molecule has 0 unspecified atom stereocenters. The van der Waals surface area contributed by atoms with Crippen molar-refractivity contribution < 1.29 is 56.6 Å². The zero-order valence-corrected chi connectivity index (χ0v) is 22.6. The Balaban J connectivity index is 1.87. The molecular formula is C26H31O12P. The van der Waals surface area contributed by atoms with Crippen molar-refractivity contribution in [3.63, 3.8) is 0 Å². The Morgan fingerprint density at radius 3 is 1.74 bits per heavy atom. The summed E-state index contributed by atoms with van der Waals surface area (Å²) in [5.41, 5.74) is 1.32. The first kappa shape index (κ1) is 30.4. The number of hydrogen-bond acceptors (Lipinski definition) is 12. The summed E-state index contributed by atoms with van der Waals surface area (Å²) in [6, 6.07) is 17.6. The second kappa shape index (κ2) is 14.3. The molecule has 0 radical (unpaired) electrons. The smallest absolute Gasteiger partial charge is 0.463 e. The van der Waals surface area contributed by atoms with E-state index < -0.39 is 63.0 Å². The number of rotatable bonds is 12. The normalized spacial score (nSPS) is 23.0. The lowest BCUT2D eigenvalue weighted by Gasteiger charge is -2.43. The van der Waals surface area contributed by atoms with E-state index in [1.165, 1.54) is 0 Å². The third-order valence-electron chi connectivity index (χ3n) is 5.37. The van der Waals surface area contributed by atoms with Crippen LogP contribution in [0, 0.1) is 0 Å². The predicted octanol–water partition coefficient (Wildman–Crippen LogP) is 3.06. The molecule has 0 spiro atoms. The molecule has 2 aromatic carbocycles. The maximum absolute atomic E-state index is 13.8. The summed E-state index contributed by atoms with van der Waals surface area (Å²) in [4.78, 5) is 35.0. The fourth-order valence-corrected chi connectivity index (χ4v) is 4.90. The molecule has 0 saturated carbocycles. The van der Waals surface area contributed by atoms with E-state index in [0.29, 0.717) is 11.1 Å². The molecule has 5 atom stereocenters. The number of aliphatic hydroxyl groups is 1. The maximum Gasteiger partial charge on any atom is 0.477 e. The van der Waals surface area contributed by atoms with Crippen LogP contribution in [0.5, 0.6) is 0 Å². The molecule has 39 heavy (non-hydrogen) atoms. The molecule has 0 aliphatic carbocycles. The second-order valence-electron chi connectivity index (χ2n) is 8.55. The molecule has 0 aromatic heterocycles. The van der Waals surface area contributed by atoms with Gasteiger partial charge in [-0.15, -0.1) is 0 Å². The van der Waals surface area contributed by atoms with Crippen molar-refractivity contribution in [2.75, 3.05) is 6.61 Å². The van der Waals surface area contributed by atoms with Crippen LogP contribution in [-0.4, -0.2) is 60.3 Å². The highest BCUT2D eigenvalue weighted by Gasteiger charge is 2.52. The maximum atomic E-state index is 13.8. The number of ether oxygens (including phenoxy) is 4. The van der Waals surface area contributed by atoms with Crippen LogP contribution in [0.3, 0.4) is 0 Å². The Morgan fingerprint density at radius 2 is 1.28 bits per heavy atom. The highest BCUT2D eigenvalue weighted by Crippen LogP contribution is 2.53. The van der Waals surface area contributed by atoms with Gasteiger partial charge in [0.15, 0.2) is 18.5 Å². The zero-order chi connectivity index (χ0) is 28.4. The molecule has 13 heteroatoms. The van der Waals surface area contributed by atoms with E-state index in [9.17, 15) is 24.1 Å². The lowest BCUT2D eigenvalue weighted by molar-refractivity contribution is -0.288. The summed E-state index contributed by atoms with van der Waals surface area (Å²) in [7, 11) is -4.47. The lowest BCUT2D eigenvalue weighted by Crippen LogP contribution is -2.61. The number of hydrogen-bond donors (Lipinski definition) is 1. The standard InChI is InChI=1S/C26H31O12P/c1-17(27)32-16-22-24(35-18(2)28)25(36-19(3)29)23(30)26(37-22)38-39(31,33-14-20-10-6-4-7-11-20)34-15-21-12-8-5-9-13-21/h4-13,22-26,30H,14-16H2,1-3H3/t22-,23-,24-,25-,26+/m1/s1. The number of phosphoric acid groups is 1. The SMILES string of the molecule is CC(=O)OC[C@H]1O[C@@H](OP(=O)(OCc2ccccc2)OCc2ccccc2)[C@H](O)[C@@H](OC(C)=O)[C@@H]1OC(C)=O. The fourth-order valence-electron chi connectivity index (χ4n) is 3.66. The Hall–Kier alpha value is -3.12. The van der Waals surface area contributed by atoms with E-state index in [0.717, 1.165) is 20.8 Å². The first-order chi connectivity index (χ1) is 18.6. The number of phosphoric ester groups is 1. The van der Waals surface area contributed by atoms with Gasteiger partial charge in [0, 0.05) is 20.8 Å². The van der Waals surface area contributed by atoms with Crippen molar-refractivity contribution in [3.8, 4) is 0 Å². The molecule has 1 fully saturated rings. The van der Waals surface area contributed by atoms with Crippen molar-refractivity contribution in [1.29, 1.82) is 0 Å². The van der Waals surface area contributed by atoms with Gasteiger partial charge in [-0.05, 0) is 11.1 Å². The quantitative estimate of drug-likeness (QED) is 0.228. The van der Waals surface area contributed by atoms with Gasteiger partial charge < -0.3 is 24.1 Å². The second-order valence-corrected chi connectivity index (χ2v) is 10.2. The highest BCUT2D eigenvalue weighted by atomic mass is 31.2. The molecule has 0 bridgehead atoms. The fraction of sp³-hybridized carbons (Fsp3) is 0.423. The van der Waals surface area contributed by atoms with Crippen LogP contribution in [0.4, 0.5) is 0 Å². The van der Waals surface area contributed by atoms with E-state index >= 15 is 0 Å². The summed E-state index contributed by atoms with van der Waals surface area (Å²) in [6.07, 6.45) is -7.75. The summed E-state index contributed by atoms with van der Waals surface area (Å²) in [6.45, 7) is 2.54. The minimum absolute atomic E-state index is 0.171. The molecule has 2 aromatic rings. The van der Waals surface area contributed by atoms with E-state index in [2.05, 4.69) is 0 Å². The van der Waals surface area contributed by atoms with Crippen molar-refractivity contribution in [3.05, 3.63) is 71.8 Å². The van der Waals surface area contributed by atoms with E-state index in [1.807, 2.05) is 0 Å². The summed E-state index contributed by atoms with van der Waals surface area (Å²) >= 11 is 0. The molecular weight excluding hydrogens is 535 g/mol. The average molecular weight is 566 g/mol. The van der Waals surface area contributed by atoms with Crippen LogP contribution in [0.1, 0.15) is 31.9 Å². The van der Waals surface area contributed by atoms with Gasteiger partial charge in [-0.25, -0.2) is 4.57 Å². The van der Waals surface area contributed by atoms with Gasteiger partial charge in [0.05, 0.1) is 13.2 Å². The number of aliphatic hydroxyl groups excluding tert-OH is 1. The summed E-state index contributed by atoms with van der Waals surface area (Å²) in [5, 5.41) is 11.0. The van der Waals surface area contributed by atoms with Crippen LogP contribution in [0.25, 0.3) is 0 Å². The third kappa shape index (κ3) is 9.54. The van der Waals surface area contributed by atoms with Crippen molar-refractivity contribution in [2.45, 2.75) is 64.7 Å². The largest absolute Gasteiger partial charge is 0.477 e. The van der Waals surface area contributed by atoms with Gasteiger partial charge >= 0.3 is 25.7 Å². The first-order valence-corrected chi connectivity index (χ1v) is 13.5. The Kier molecular flexibility index (Phi) is 11.2. The number of esters is 3. The van der Waals surface area contributed by atoms with E-state index in [4.69, 9.17) is 32.5 Å². The monoisotopic (exact) mass is 566 g/mol. The summed E-state index contributed by atoms with van der Waals surface area (Å²) in [5.74, 6) is -2.26. The Morgan fingerprint density at radius 1 is 0.795 bits per heavy atom. The molecule has 0 amide bonds. The van der Waals surface area contributed by atoms with Crippen LogP contribution < -0.4 is 0 Å². The van der Waals surface area contributed by atoms with Crippen molar-refractivity contribution in [2.24, 2.45) is 0 Å². The molecule has 12 nitrogen and oxygen atoms in total. The van der Waals surface area contributed by atoms with Gasteiger partial charge in [-0.2, -0.15) is 0 Å². The highest BCUT2D eigenvalue weighted by molar-refractivity contribution is 7.48. The third-order valence-corrected chi connectivity index (χ3v) is 6.72. The predicted molar refractivity (Wildman–Crippen MR) is 134 cm³/mol. The average Bonchev–Trinajstić information content (AvgIpc) is 2.90. The van der Waals surface area contributed by atoms with Crippen LogP contribution in [-0.2, 0) is 64.7 Å². The number of benzene rings is 2. The Labute approximate surface area is 225 Å². The van der Waals surface area contributed by atoms with Crippen molar-refractivity contribution >= 4 is 25.7 Å². The topological polar surface area (TPSA) is 153 Å². The molecule has 1 saturated heterocycles. The van der Waals surface area contributed by atoms with Gasteiger partial charge in [-0.1, -0.05) is 60.7 Å². The lowest BCUT2D eigenvalue weighted by atomic mass is 9.98. The van der Waals surface area contributed by atoms with Gasteiger partial charge in [0.1, 0.15) is 18.8 Å². The zero-order valence-electron chi connectivity index (χ0n) is 21.7.